The van der Waals surface area contributed by atoms with Gasteiger partial charge in [-0.25, -0.2) is 14.8 Å². The van der Waals surface area contributed by atoms with Crippen molar-refractivity contribution in [3.63, 3.8) is 0 Å². The van der Waals surface area contributed by atoms with Gasteiger partial charge in [-0.05, 0) is 71.8 Å². The minimum Gasteiger partial charge on any atom is -0.238 e. The third-order valence-corrected chi connectivity index (χ3v) is 10.5. The van der Waals surface area contributed by atoms with Crippen molar-refractivity contribution in [3.8, 4) is 56.0 Å². The normalized spacial score (nSPS) is 11.3. The smallest absolute Gasteiger partial charge is 0.187 e. The predicted molar refractivity (Wildman–Crippen MR) is 225 cm³/mol. The van der Waals surface area contributed by atoms with E-state index < -0.39 is 0 Å². The fourth-order valence-corrected chi connectivity index (χ4v) is 7.93. The SMILES string of the molecule is [C-]#[N+]c1ccc(-c2ccc(-c3ccc(-c4ccc(-c5nc(-c6cccc7ccccc67)c6ccccc6n5)cc4)c4ccccc34)c3ccccc23)cc1. The van der Waals surface area contributed by atoms with Crippen LogP contribution in [-0.4, -0.2) is 9.97 Å². The van der Waals surface area contributed by atoms with Gasteiger partial charge in [0, 0.05) is 16.5 Å². The summed E-state index contributed by atoms with van der Waals surface area (Å²) in [4.78, 5) is 13.8. The topological polar surface area (TPSA) is 30.1 Å². The van der Waals surface area contributed by atoms with Crippen LogP contribution >= 0.6 is 0 Å². The summed E-state index contributed by atoms with van der Waals surface area (Å²) in [6.07, 6.45) is 0. The van der Waals surface area contributed by atoms with Crippen molar-refractivity contribution in [2.75, 3.05) is 0 Å². The van der Waals surface area contributed by atoms with Gasteiger partial charge in [0.1, 0.15) is 0 Å². The summed E-state index contributed by atoms with van der Waals surface area (Å²) in [6.45, 7) is 7.35. The van der Waals surface area contributed by atoms with Crippen molar-refractivity contribution in [2.24, 2.45) is 0 Å². The number of aromatic nitrogens is 2. The third-order valence-electron chi connectivity index (χ3n) is 10.5. The number of nitrogens with zero attached hydrogens (tertiary/aromatic N) is 3. The molecule has 1 aromatic heterocycles. The van der Waals surface area contributed by atoms with Gasteiger partial charge in [-0.3, -0.25) is 0 Å². The maximum atomic E-state index is 7.35. The van der Waals surface area contributed by atoms with E-state index in [1.165, 1.54) is 49.0 Å². The summed E-state index contributed by atoms with van der Waals surface area (Å²) in [5, 5.41) is 8.20. The maximum absolute atomic E-state index is 7.35. The van der Waals surface area contributed by atoms with Crippen LogP contribution in [0.4, 0.5) is 5.69 Å². The number of rotatable bonds is 5. The Labute approximate surface area is 313 Å². The van der Waals surface area contributed by atoms with Crippen LogP contribution in [0.3, 0.4) is 0 Å². The molecular weight excluding hydrogens is 655 g/mol. The van der Waals surface area contributed by atoms with Crippen molar-refractivity contribution >= 4 is 48.9 Å². The maximum Gasteiger partial charge on any atom is 0.187 e. The minimum absolute atomic E-state index is 0.647. The second kappa shape index (κ2) is 13.0. The molecular formula is C51H31N3. The molecule has 0 radical (unpaired) electrons. The van der Waals surface area contributed by atoms with Crippen LogP contribution in [0.5, 0.6) is 0 Å². The van der Waals surface area contributed by atoms with Crippen LogP contribution in [0, 0.1) is 6.57 Å². The van der Waals surface area contributed by atoms with Gasteiger partial charge in [0.2, 0.25) is 0 Å². The quantitative estimate of drug-likeness (QED) is 0.169. The Morgan fingerprint density at radius 1 is 0.333 bits per heavy atom. The Balaban J connectivity index is 1.06. The molecule has 0 unspecified atom stereocenters. The van der Waals surface area contributed by atoms with Gasteiger partial charge in [0.15, 0.2) is 11.5 Å². The lowest BCUT2D eigenvalue weighted by molar-refractivity contribution is 1.23. The molecule has 1 heterocycles. The summed E-state index contributed by atoms with van der Waals surface area (Å²) in [5.41, 5.74) is 11.6. The van der Waals surface area contributed by atoms with Crippen LogP contribution in [0.25, 0.3) is 104 Å². The summed E-state index contributed by atoms with van der Waals surface area (Å²) >= 11 is 0. The van der Waals surface area contributed by atoms with Crippen molar-refractivity contribution in [2.45, 2.75) is 0 Å². The van der Waals surface area contributed by atoms with Crippen molar-refractivity contribution in [3.05, 3.63) is 199 Å². The molecule has 0 aliphatic carbocycles. The van der Waals surface area contributed by atoms with Gasteiger partial charge >= 0.3 is 0 Å². The summed E-state index contributed by atoms with van der Waals surface area (Å²) < 4.78 is 0. The Morgan fingerprint density at radius 2 is 0.796 bits per heavy atom. The van der Waals surface area contributed by atoms with E-state index in [1.807, 2.05) is 30.3 Å². The fourth-order valence-electron chi connectivity index (χ4n) is 7.93. The number of para-hydroxylation sites is 1. The zero-order valence-corrected chi connectivity index (χ0v) is 29.2. The second-order valence-corrected chi connectivity index (χ2v) is 13.6. The van der Waals surface area contributed by atoms with E-state index in [2.05, 4.69) is 163 Å². The van der Waals surface area contributed by atoms with Crippen molar-refractivity contribution < 1.29 is 0 Å². The number of benzene rings is 9. The summed E-state index contributed by atoms with van der Waals surface area (Å²) in [6, 6.07) is 66.0. The highest BCUT2D eigenvalue weighted by Gasteiger charge is 2.16. The molecule has 0 N–H and O–H groups in total. The molecule has 3 heteroatoms. The molecule has 0 fully saturated rings. The first kappa shape index (κ1) is 31.3. The average molecular weight is 686 g/mol. The van der Waals surface area contributed by atoms with Crippen LogP contribution in [-0.2, 0) is 0 Å². The first-order chi connectivity index (χ1) is 26.7. The monoisotopic (exact) mass is 685 g/mol. The van der Waals surface area contributed by atoms with Gasteiger partial charge in [-0.1, -0.05) is 182 Å². The molecule has 0 aliphatic heterocycles. The lowest BCUT2D eigenvalue weighted by Gasteiger charge is -2.16. The molecule has 0 atom stereocenters. The molecule has 250 valence electrons. The first-order valence-electron chi connectivity index (χ1n) is 18.1. The van der Waals surface area contributed by atoms with Gasteiger partial charge < -0.3 is 0 Å². The van der Waals surface area contributed by atoms with Crippen LogP contribution < -0.4 is 0 Å². The molecule has 0 aliphatic rings. The van der Waals surface area contributed by atoms with Crippen molar-refractivity contribution in [1.29, 1.82) is 0 Å². The van der Waals surface area contributed by atoms with Gasteiger partial charge in [0.05, 0.1) is 17.8 Å². The third kappa shape index (κ3) is 5.29. The van der Waals surface area contributed by atoms with Gasteiger partial charge in [-0.15, -0.1) is 0 Å². The van der Waals surface area contributed by atoms with E-state index >= 15 is 0 Å². The largest absolute Gasteiger partial charge is 0.238 e. The minimum atomic E-state index is 0.647. The van der Waals surface area contributed by atoms with E-state index in [1.54, 1.807) is 0 Å². The molecule has 9 aromatic carbocycles. The average Bonchev–Trinajstić information content (AvgIpc) is 3.25. The molecule has 0 amide bonds. The Kier molecular flexibility index (Phi) is 7.53. The number of fused-ring (bicyclic) bond motifs is 4. The summed E-state index contributed by atoms with van der Waals surface area (Å²) in [5.74, 6) is 0.709. The molecule has 0 saturated heterocycles. The molecule has 10 rings (SSSR count). The van der Waals surface area contributed by atoms with Crippen LogP contribution in [0.2, 0.25) is 0 Å². The van der Waals surface area contributed by atoms with Crippen LogP contribution in [0.1, 0.15) is 0 Å². The Hall–Kier alpha value is -7.41. The molecule has 3 nitrogen and oxygen atoms in total. The molecule has 10 aromatic rings. The Morgan fingerprint density at radius 3 is 1.41 bits per heavy atom. The lowest BCUT2D eigenvalue weighted by atomic mass is 9.88. The zero-order valence-electron chi connectivity index (χ0n) is 29.2. The Bertz CT molecular complexity index is 3090. The standard InChI is InChI=1S/C51H31N3/c1-52-37-27-25-35(26-28-37)40-30-32-46(44-17-7-5-15-42(40)44)45-31-29-39(41-14-4-6-16-43(41)45)34-21-23-36(24-22-34)51-53-49-20-9-8-18-48(49)50(54-51)47-19-10-12-33-11-2-3-13-38(33)47/h2-32H. The number of hydrogen-bond acceptors (Lipinski definition) is 2. The van der Waals surface area contributed by atoms with Gasteiger partial charge in [-0.2, -0.15) is 0 Å². The number of hydrogen-bond donors (Lipinski definition) is 0. The first-order valence-corrected chi connectivity index (χ1v) is 18.1. The van der Waals surface area contributed by atoms with E-state index in [0.29, 0.717) is 11.5 Å². The molecule has 54 heavy (non-hydrogen) atoms. The highest BCUT2D eigenvalue weighted by atomic mass is 14.9. The highest BCUT2D eigenvalue weighted by molar-refractivity contribution is 6.12. The second-order valence-electron chi connectivity index (χ2n) is 13.6. The van der Waals surface area contributed by atoms with E-state index in [0.717, 1.165) is 44.4 Å². The van der Waals surface area contributed by atoms with Gasteiger partial charge in [0.25, 0.3) is 0 Å². The predicted octanol–water partition coefficient (Wildman–Crippen LogP) is 14.0. The zero-order chi connectivity index (χ0) is 36.0. The van der Waals surface area contributed by atoms with E-state index in [-0.39, 0.29) is 0 Å². The lowest BCUT2D eigenvalue weighted by Crippen LogP contribution is -1.96. The summed E-state index contributed by atoms with van der Waals surface area (Å²) in [7, 11) is 0. The van der Waals surface area contributed by atoms with Crippen molar-refractivity contribution in [1.82, 2.24) is 9.97 Å². The fraction of sp³-hybridized carbons (Fsp3) is 0. The molecule has 0 bridgehead atoms. The molecule has 0 spiro atoms. The molecule has 0 saturated carbocycles. The van der Waals surface area contributed by atoms with E-state index in [4.69, 9.17) is 16.5 Å². The highest BCUT2D eigenvalue weighted by Crippen LogP contribution is 2.41. The van der Waals surface area contributed by atoms with Crippen LogP contribution in [0.15, 0.2) is 188 Å². The van der Waals surface area contributed by atoms with E-state index in [9.17, 15) is 0 Å².